The van der Waals surface area contributed by atoms with Crippen molar-refractivity contribution < 1.29 is 9.18 Å². The Hall–Kier alpha value is -0.550. The lowest BCUT2D eigenvalue weighted by Gasteiger charge is -2.28. The molecule has 104 valence electrons. The Morgan fingerprint density at radius 3 is 2.68 bits per heavy atom. The van der Waals surface area contributed by atoms with Crippen molar-refractivity contribution in [1.29, 1.82) is 0 Å². The minimum absolute atomic E-state index is 0.112. The van der Waals surface area contributed by atoms with Crippen molar-refractivity contribution in [2.45, 2.75) is 37.0 Å². The van der Waals surface area contributed by atoms with Crippen LogP contribution in [0.4, 0.5) is 4.39 Å². The van der Waals surface area contributed by atoms with E-state index in [1.165, 1.54) is 12.1 Å². The van der Waals surface area contributed by atoms with Gasteiger partial charge in [-0.25, -0.2) is 4.39 Å². The van der Waals surface area contributed by atoms with Gasteiger partial charge in [-0.05, 0) is 50.1 Å². The first-order valence-electron chi connectivity index (χ1n) is 6.39. The van der Waals surface area contributed by atoms with Gasteiger partial charge in [0, 0.05) is 15.8 Å². The van der Waals surface area contributed by atoms with E-state index in [4.69, 9.17) is 0 Å². The number of rotatable bonds is 3. The molecule has 19 heavy (non-hydrogen) atoms. The lowest BCUT2D eigenvalue weighted by Crippen LogP contribution is -2.38. The third-order valence-electron chi connectivity index (χ3n) is 3.52. The van der Waals surface area contributed by atoms with E-state index in [1.54, 1.807) is 6.07 Å². The molecule has 1 aromatic rings. The van der Waals surface area contributed by atoms with Gasteiger partial charge in [-0.2, -0.15) is 11.8 Å². The number of amides is 1. The second kappa shape index (κ2) is 6.75. The van der Waals surface area contributed by atoms with Crippen molar-refractivity contribution in [1.82, 2.24) is 5.32 Å². The summed E-state index contributed by atoms with van der Waals surface area (Å²) in [7, 11) is 0. The van der Waals surface area contributed by atoms with Crippen LogP contribution < -0.4 is 5.32 Å². The number of thioether (sulfide) groups is 1. The Morgan fingerprint density at radius 1 is 1.37 bits per heavy atom. The van der Waals surface area contributed by atoms with E-state index in [2.05, 4.69) is 27.5 Å². The van der Waals surface area contributed by atoms with Gasteiger partial charge in [0.2, 0.25) is 0 Å². The zero-order valence-corrected chi connectivity index (χ0v) is 13.2. The van der Waals surface area contributed by atoms with Gasteiger partial charge < -0.3 is 5.32 Å². The standard InChI is InChI=1S/C14H17BrFNOS/c1-19-11-5-3-10(4-6-11)17-14(18)12-8-9(15)2-7-13(12)16/h2,7-8,10-11H,3-6H2,1H3,(H,17,18). The van der Waals surface area contributed by atoms with Crippen molar-refractivity contribution in [3.05, 3.63) is 34.1 Å². The predicted octanol–water partition coefficient (Wildman–Crippen LogP) is 3.99. The molecule has 2 rings (SSSR count). The van der Waals surface area contributed by atoms with Crippen molar-refractivity contribution in [2.24, 2.45) is 0 Å². The summed E-state index contributed by atoms with van der Waals surface area (Å²) in [6, 6.07) is 4.60. The Labute approximate surface area is 125 Å². The van der Waals surface area contributed by atoms with Crippen LogP contribution in [0.5, 0.6) is 0 Å². The number of carbonyl (C=O) groups is 1. The van der Waals surface area contributed by atoms with Gasteiger partial charge >= 0.3 is 0 Å². The smallest absolute Gasteiger partial charge is 0.254 e. The summed E-state index contributed by atoms with van der Waals surface area (Å²) in [6.45, 7) is 0. The van der Waals surface area contributed by atoms with Crippen LogP contribution in [0.1, 0.15) is 36.0 Å². The molecule has 0 aliphatic heterocycles. The fraction of sp³-hybridized carbons (Fsp3) is 0.500. The predicted molar refractivity (Wildman–Crippen MR) is 81.1 cm³/mol. The maximum Gasteiger partial charge on any atom is 0.254 e. The lowest BCUT2D eigenvalue weighted by molar-refractivity contribution is 0.0924. The van der Waals surface area contributed by atoms with Crippen molar-refractivity contribution in [3.63, 3.8) is 0 Å². The normalized spacial score (nSPS) is 23.1. The second-order valence-electron chi connectivity index (χ2n) is 4.81. The summed E-state index contributed by atoms with van der Waals surface area (Å²) in [4.78, 5) is 12.1. The van der Waals surface area contributed by atoms with Gasteiger partial charge in [-0.15, -0.1) is 0 Å². The molecule has 0 aromatic heterocycles. The summed E-state index contributed by atoms with van der Waals surface area (Å²) in [5, 5.41) is 3.64. The van der Waals surface area contributed by atoms with Crippen LogP contribution in [0.15, 0.2) is 22.7 Å². The minimum atomic E-state index is -0.474. The highest BCUT2D eigenvalue weighted by Crippen LogP contribution is 2.27. The number of nitrogens with one attached hydrogen (secondary N) is 1. The SMILES string of the molecule is CSC1CCC(NC(=O)c2cc(Br)ccc2F)CC1. The van der Waals surface area contributed by atoms with Crippen LogP contribution in [0, 0.1) is 5.82 Å². The van der Waals surface area contributed by atoms with Crippen molar-refractivity contribution in [2.75, 3.05) is 6.26 Å². The molecule has 0 saturated heterocycles. The second-order valence-corrected chi connectivity index (χ2v) is 6.86. The maximum absolute atomic E-state index is 13.6. The molecular formula is C14H17BrFNOS. The largest absolute Gasteiger partial charge is 0.349 e. The molecule has 1 fully saturated rings. The Kier molecular flexibility index (Phi) is 5.28. The van der Waals surface area contributed by atoms with Crippen LogP contribution in [0.25, 0.3) is 0 Å². The summed E-state index contributed by atoms with van der Waals surface area (Å²) in [5.74, 6) is -0.787. The molecule has 5 heteroatoms. The zero-order chi connectivity index (χ0) is 13.8. The first-order chi connectivity index (χ1) is 9.10. The fourth-order valence-electron chi connectivity index (χ4n) is 2.38. The molecule has 1 aromatic carbocycles. The van der Waals surface area contributed by atoms with Gasteiger partial charge in [-0.3, -0.25) is 4.79 Å². The zero-order valence-electron chi connectivity index (χ0n) is 10.8. The Balaban J connectivity index is 1.96. The van der Waals surface area contributed by atoms with Crippen LogP contribution in [0.3, 0.4) is 0 Å². The molecule has 0 unspecified atom stereocenters. The molecular weight excluding hydrogens is 329 g/mol. The summed E-state index contributed by atoms with van der Waals surface area (Å²) in [5.41, 5.74) is 0.112. The number of halogens is 2. The van der Waals surface area contributed by atoms with Crippen LogP contribution in [-0.2, 0) is 0 Å². The molecule has 1 N–H and O–H groups in total. The fourth-order valence-corrected chi connectivity index (χ4v) is 3.48. The monoisotopic (exact) mass is 345 g/mol. The van der Waals surface area contributed by atoms with E-state index >= 15 is 0 Å². The number of hydrogen-bond acceptors (Lipinski definition) is 2. The first-order valence-corrected chi connectivity index (χ1v) is 8.47. The van der Waals surface area contributed by atoms with E-state index in [1.807, 2.05) is 11.8 Å². The highest BCUT2D eigenvalue weighted by molar-refractivity contribution is 9.10. The van der Waals surface area contributed by atoms with Gasteiger partial charge in [0.1, 0.15) is 5.82 Å². The van der Waals surface area contributed by atoms with Gasteiger partial charge in [0.25, 0.3) is 5.91 Å². The summed E-state index contributed by atoms with van der Waals surface area (Å²) < 4.78 is 14.3. The topological polar surface area (TPSA) is 29.1 Å². The average molecular weight is 346 g/mol. The Morgan fingerprint density at radius 2 is 2.05 bits per heavy atom. The van der Waals surface area contributed by atoms with Gasteiger partial charge in [-0.1, -0.05) is 15.9 Å². The summed E-state index contributed by atoms with van der Waals surface area (Å²) >= 11 is 5.15. The number of benzene rings is 1. The molecule has 0 radical (unpaired) electrons. The van der Waals surface area contributed by atoms with Crippen LogP contribution >= 0.6 is 27.7 Å². The lowest BCUT2D eigenvalue weighted by atomic mass is 9.94. The van der Waals surface area contributed by atoms with E-state index in [0.29, 0.717) is 9.72 Å². The molecule has 1 aliphatic rings. The first kappa shape index (κ1) is 14.9. The molecule has 0 spiro atoms. The third kappa shape index (κ3) is 3.96. The van der Waals surface area contributed by atoms with Crippen molar-refractivity contribution >= 4 is 33.6 Å². The number of hydrogen-bond donors (Lipinski definition) is 1. The highest BCUT2D eigenvalue weighted by atomic mass is 79.9. The number of carbonyl (C=O) groups excluding carboxylic acids is 1. The molecule has 1 aliphatic carbocycles. The van der Waals surface area contributed by atoms with E-state index < -0.39 is 5.82 Å². The minimum Gasteiger partial charge on any atom is -0.349 e. The van der Waals surface area contributed by atoms with E-state index in [9.17, 15) is 9.18 Å². The third-order valence-corrected chi connectivity index (χ3v) is 5.15. The average Bonchev–Trinajstić information content (AvgIpc) is 2.42. The molecule has 2 nitrogen and oxygen atoms in total. The van der Waals surface area contributed by atoms with E-state index in [-0.39, 0.29) is 17.5 Å². The van der Waals surface area contributed by atoms with Gasteiger partial charge in [0.05, 0.1) is 5.56 Å². The molecule has 1 amide bonds. The van der Waals surface area contributed by atoms with Gasteiger partial charge in [0.15, 0.2) is 0 Å². The highest BCUT2D eigenvalue weighted by Gasteiger charge is 2.23. The molecule has 0 heterocycles. The molecule has 0 atom stereocenters. The Bertz CT molecular complexity index is 461. The molecule has 1 saturated carbocycles. The maximum atomic E-state index is 13.6. The quantitative estimate of drug-likeness (QED) is 0.897. The van der Waals surface area contributed by atoms with Crippen LogP contribution in [-0.4, -0.2) is 23.5 Å². The van der Waals surface area contributed by atoms with Crippen LogP contribution in [0.2, 0.25) is 0 Å². The molecule has 0 bridgehead atoms. The summed E-state index contributed by atoms with van der Waals surface area (Å²) in [6.07, 6.45) is 6.32. The van der Waals surface area contributed by atoms with E-state index in [0.717, 1.165) is 25.7 Å². The van der Waals surface area contributed by atoms with Crippen molar-refractivity contribution in [3.8, 4) is 0 Å².